The maximum absolute atomic E-state index is 10.9. The molecule has 21 heavy (non-hydrogen) atoms. The van der Waals surface area contributed by atoms with Crippen molar-refractivity contribution in [3.05, 3.63) is 42.0 Å². The monoisotopic (exact) mass is 287 g/mol. The van der Waals surface area contributed by atoms with Crippen LogP contribution in [0.25, 0.3) is 10.8 Å². The molecule has 1 saturated heterocycles. The molecule has 1 heterocycles. The minimum absolute atomic E-state index is 0.169. The summed E-state index contributed by atoms with van der Waals surface area (Å²) in [6.45, 7) is 4.47. The molecule has 0 aromatic heterocycles. The number of benzene rings is 2. The van der Waals surface area contributed by atoms with Crippen LogP contribution in [0.15, 0.2) is 36.4 Å². The van der Waals surface area contributed by atoms with Crippen molar-refractivity contribution >= 4 is 10.8 Å². The van der Waals surface area contributed by atoms with Crippen molar-refractivity contribution in [2.75, 3.05) is 13.7 Å². The molecule has 0 radical (unpaired) electrons. The van der Waals surface area contributed by atoms with E-state index in [2.05, 4.69) is 5.32 Å². The van der Waals surface area contributed by atoms with E-state index in [1.807, 2.05) is 50.2 Å². The molecule has 3 rings (SSSR count). The Hall–Kier alpha value is -1.62. The molecule has 0 unspecified atom stereocenters. The summed E-state index contributed by atoms with van der Waals surface area (Å²) >= 11 is 0. The topological polar surface area (TPSA) is 50.7 Å². The van der Waals surface area contributed by atoms with Gasteiger partial charge >= 0.3 is 0 Å². The van der Waals surface area contributed by atoms with E-state index < -0.39 is 5.79 Å². The van der Waals surface area contributed by atoms with E-state index >= 15 is 0 Å². The van der Waals surface area contributed by atoms with Crippen LogP contribution >= 0.6 is 0 Å². The Balaban J connectivity index is 2.00. The second kappa shape index (κ2) is 5.30. The average molecular weight is 287 g/mol. The van der Waals surface area contributed by atoms with Gasteiger partial charge in [0, 0.05) is 11.6 Å². The Morgan fingerprint density at radius 3 is 2.62 bits per heavy atom. The normalized spacial score (nSPS) is 29.5. The van der Waals surface area contributed by atoms with E-state index in [1.165, 1.54) is 0 Å². The molecule has 3 atom stereocenters. The van der Waals surface area contributed by atoms with Gasteiger partial charge in [-0.2, -0.15) is 0 Å². The van der Waals surface area contributed by atoms with Crippen molar-refractivity contribution in [2.45, 2.75) is 31.7 Å². The summed E-state index contributed by atoms with van der Waals surface area (Å²) in [6, 6.07) is 11.8. The summed E-state index contributed by atoms with van der Waals surface area (Å²) in [5, 5.41) is 16.3. The summed E-state index contributed by atoms with van der Waals surface area (Å²) in [5.74, 6) is -0.465. The zero-order valence-corrected chi connectivity index (χ0v) is 12.6. The quantitative estimate of drug-likeness (QED) is 0.890. The predicted molar refractivity (Wildman–Crippen MR) is 82.4 cm³/mol. The number of morpholine rings is 1. The number of ether oxygens (including phenoxy) is 2. The molecule has 1 aliphatic heterocycles. The number of hydrogen-bond donors (Lipinski definition) is 2. The predicted octanol–water partition coefficient (Wildman–Crippen LogP) is 2.39. The van der Waals surface area contributed by atoms with Crippen LogP contribution in [0.2, 0.25) is 0 Å². The van der Waals surface area contributed by atoms with Crippen molar-refractivity contribution in [2.24, 2.45) is 0 Å². The first-order valence-corrected chi connectivity index (χ1v) is 7.23. The summed E-state index contributed by atoms with van der Waals surface area (Å²) in [5.41, 5.74) is 0.770. The summed E-state index contributed by atoms with van der Waals surface area (Å²) in [6.07, 6.45) is 0. The number of methoxy groups -OCH3 is 1. The summed E-state index contributed by atoms with van der Waals surface area (Å²) in [4.78, 5) is 0. The Morgan fingerprint density at radius 2 is 1.90 bits per heavy atom. The van der Waals surface area contributed by atoms with E-state index in [1.54, 1.807) is 7.11 Å². The lowest BCUT2D eigenvalue weighted by molar-refractivity contribution is -0.252. The smallest absolute Gasteiger partial charge is 0.208 e. The van der Waals surface area contributed by atoms with Crippen molar-refractivity contribution < 1.29 is 14.6 Å². The third-order valence-electron chi connectivity index (χ3n) is 4.14. The van der Waals surface area contributed by atoms with Crippen molar-refractivity contribution in [1.82, 2.24) is 5.32 Å². The SMILES string of the molecule is COc1ccc2cc([C@@]3(O)OC[C@H](C)N[C@@H]3C)ccc2c1. The molecular formula is C17H21NO3. The zero-order valence-electron chi connectivity index (χ0n) is 12.6. The molecule has 2 aromatic carbocycles. The maximum Gasteiger partial charge on any atom is 0.208 e. The lowest BCUT2D eigenvalue weighted by Gasteiger charge is -2.41. The first-order valence-electron chi connectivity index (χ1n) is 7.23. The van der Waals surface area contributed by atoms with Gasteiger partial charge in [-0.15, -0.1) is 0 Å². The van der Waals surface area contributed by atoms with Gasteiger partial charge < -0.3 is 19.9 Å². The number of nitrogens with one attached hydrogen (secondary N) is 1. The Kier molecular flexibility index (Phi) is 3.61. The molecule has 4 nitrogen and oxygen atoms in total. The average Bonchev–Trinajstić information content (AvgIpc) is 2.50. The van der Waals surface area contributed by atoms with Gasteiger partial charge in [0.15, 0.2) is 0 Å². The van der Waals surface area contributed by atoms with Crippen molar-refractivity contribution in [1.29, 1.82) is 0 Å². The van der Waals surface area contributed by atoms with Gasteiger partial charge in [0.1, 0.15) is 5.75 Å². The molecule has 2 aromatic rings. The van der Waals surface area contributed by atoms with Crippen LogP contribution in [0.5, 0.6) is 5.75 Å². The molecule has 0 bridgehead atoms. The van der Waals surface area contributed by atoms with Crippen LogP contribution in [-0.2, 0) is 10.5 Å². The van der Waals surface area contributed by atoms with E-state index in [0.29, 0.717) is 6.61 Å². The van der Waals surface area contributed by atoms with E-state index in [9.17, 15) is 5.11 Å². The fourth-order valence-electron chi connectivity index (χ4n) is 2.87. The largest absolute Gasteiger partial charge is 0.497 e. The molecule has 0 amide bonds. The van der Waals surface area contributed by atoms with Gasteiger partial charge in [-0.05, 0) is 42.8 Å². The van der Waals surface area contributed by atoms with Gasteiger partial charge in [-0.25, -0.2) is 0 Å². The van der Waals surface area contributed by atoms with Crippen molar-refractivity contribution in [3.63, 3.8) is 0 Å². The molecule has 0 aliphatic carbocycles. The Bertz CT molecular complexity index is 658. The number of fused-ring (bicyclic) bond motifs is 1. The third kappa shape index (κ3) is 2.50. The Morgan fingerprint density at radius 1 is 1.19 bits per heavy atom. The Labute approximate surface area is 124 Å². The van der Waals surface area contributed by atoms with E-state index in [0.717, 1.165) is 22.1 Å². The minimum Gasteiger partial charge on any atom is -0.497 e. The molecule has 1 aliphatic rings. The molecule has 1 fully saturated rings. The molecule has 2 N–H and O–H groups in total. The van der Waals surface area contributed by atoms with Crippen molar-refractivity contribution in [3.8, 4) is 5.75 Å². The number of aliphatic hydroxyl groups is 1. The van der Waals surface area contributed by atoms with Crippen LogP contribution < -0.4 is 10.1 Å². The van der Waals surface area contributed by atoms with Gasteiger partial charge in [-0.1, -0.05) is 18.2 Å². The molecule has 0 spiro atoms. The third-order valence-corrected chi connectivity index (χ3v) is 4.14. The zero-order chi connectivity index (χ0) is 15.0. The van der Waals surface area contributed by atoms with Crippen LogP contribution in [0.3, 0.4) is 0 Å². The van der Waals surface area contributed by atoms with Crippen LogP contribution in [-0.4, -0.2) is 30.9 Å². The highest BCUT2D eigenvalue weighted by molar-refractivity contribution is 5.84. The standard InChI is InChI=1S/C17H21NO3/c1-11-10-21-17(19,12(2)18-11)15-6-4-14-9-16(20-3)7-5-13(14)8-15/h4-9,11-12,18-19H,10H2,1-3H3/t11-,12+,17-/m0/s1. The van der Waals surface area contributed by atoms with E-state index in [4.69, 9.17) is 9.47 Å². The van der Waals surface area contributed by atoms with Gasteiger partial charge in [0.2, 0.25) is 5.79 Å². The minimum atomic E-state index is -1.29. The fraction of sp³-hybridized carbons (Fsp3) is 0.412. The van der Waals surface area contributed by atoms with Crippen LogP contribution in [0.4, 0.5) is 0 Å². The lowest BCUT2D eigenvalue weighted by Crippen LogP contribution is -2.58. The highest BCUT2D eigenvalue weighted by atomic mass is 16.6. The molecule has 0 saturated carbocycles. The first-order chi connectivity index (χ1) is 10.0. The highest BCUT2D eigenvalue weighted by Crippen LogP contribution is 2.32. The van der Waals surface area contributed by atoms with Gasteiger partial charge in [-0.3, -0.25) is 0 Å². The number of hydrogen-bond acceptors (Lipinski definition) is 4. The second-order valence-corrected chi connectivity index (χ2v) is 5.72. The van der Waals surface area contributed by atoms with Crippen LogP contribution in [0.1, 0.15) is 19.4 Å². The maximum atomic E-state index is 10.9. The highest BCUT2D eigenvalue weighted by Gasteiger charge is 2.41. The molecular weight excluding hydrogens is 266 g/mol. The second-order valence-electron chi connectivity index (χ2n) is 5.72. The lowest BCUT2D eigenvalue weighted by atomic mass is 9.94. The summed E-state index contributed by atoms with van der Waals surface area (Å²) in [7, 11) is 1.66. The van der Waals surface area contributed by atoms with Gasteiger partial charge in [0.05, 0.1) is 19.8 Å². The fourth-order valence-corrected chi connectivity index (χ4v) is 2.87. The van der Waals surface area contributed by atoms with Crippen LogP contribution in [0, 0.1) is 0 Å². The van der Waals surface area contributed by atoms with Gasteiger partial charge in [0.25, 0.3) is 0 Å². The molecule has 112 valence electrons. The first kappa shape index (κ1) is 14.3. The molecule has 4 heteroatoms. The number of rotatable bonds is 2. The summed E-state index contributed by atoms with van der Waals surface area (Å²) < 4.78 is 11.0. The van der Waals surface area contributed by atoms with E-state index in [-0.39, 0.29) is 12.1 Å².